The second-order valence-electron chi connectivity index (χ2n) is 6.94. The first kappa shape index (κ1) is 19.8. The lowest BCUT2D eigenvalue weighted by atomic mass is 10.1. The number of nitrogens with one attached hydrogen (secondary N) is 2. The highest BCUT2D eigenvalue weighted by atomic mass is 32.1. The van der Waals surface area contributed by atoms with E-state index in [-0.39, 0.29) is 5.91 Å². The first-order valence-corrected chi connectivity index (χ1v) is 10.6. The number of anilines is 4. The molecule has 154 valence electrons. The molecule has 4 rings (SSSR count). The van der Waals surface area contributed by atoms with Crippen LogP contribution < -0.4 is 21.3 Å². The summed E-state index contributed by atoms with van der Waals surface area (Å²) >= 11 is 1.63. The van der Waals surface area contributed by atoms with E-state index in [0.717, 1.165) is 30.0 Å². The third kappa shape index (κ3) is 4.57. The van der Waals surface area contributed by atoms with Crippen LogP contribution in [0.5, 0.6) is 0 Å². The highest BCUT2D eigenvalue weighted by Gasteiger charge is 2.19. The van der Waals surface area contributed by atoms with Gasteiger partial charge in [-0.05, 0) is 36.4 Å². The molecule has 0 saturated carbocycles. The van der Waals surface area contributed by atoms with Crippen molar-refractivity contribution >= 4 is 46.2 Å². The van der Waals surface area contributed by atoms with Gasteiger partial charge in [-0.2, -0.15) is 0 Å². The lowest BCUT2D eigenvalue weighted by Gasteiger charge is -2.26. The van der Waals surface area contributed by atoms with Crippen LogP contribution in [0.2, 0.25) is 0 Å². The van der Waals surface area contributed by atoms with Crippen LogP contribution in [0.1, 0.15) is 34.5 Å². The van der Waals surface area contributed by atoms with Crippen molar-refractivity contribution in [2.24, 2.45) is 5.73 Å². The number of piperidine rings is 1. The van der Waals surface area contributed by atoms with Gasteiger partial charge in [0.1, 0.15) is 11.6 Å². The first-order chi connectivity index (χ1) is 14.6. The molecule has 1 aliphatic heterocycles. The molecule has 2 amide bonds. The Kier molecular flexibility index (Phi) is 5.89. The molecule has 3 aromatic heterocycles. The van der Waals surface area contributed by atoms with E-state index in [1.807, 2.05) is 23.6 Å². The Morgan fingerprint density at radius 1 is 1.17 bits per heavy atom. The second-order valence-corrected chi connectivity index (χ2v) is 7.97. The zero-order valence-electron chi connectivity index (χ0n) is 16.3. The fraction of sp³-hybridized carbons (Fsp3) is 0.238. The van der Waals surface area contributed by atoms with Gasteiger partial charge in [0.25, 0.3) is 5.91 Å². The molecule has 0 aromatic carbocycles. The van der Waals surface area contributed by atoms with E-state index in [2.05, 4.69) is 20.6 Å². The number of nitrogens with zero attached hydrogens (tertiary/aromatic N) is 3. The molecule has 30 heavy (non-hydrogen) atoms. The molecule has 3 aromatic rings. The average Bonchev–Trinajstić information content (AvgIpc) is 3.27. The van der Waals surface area contributed by atoms with E-state index < -0.39 is 5.91 Å². The van der Waals surface area contributed by atoms with Crippen molar-refractivity contribution in [3.63, 3.8) is 0 Å². The van der Waals surface area contributed by atoms with Crippen LogP contribution in [0.25, 0.3) is 0 Å². The van der Waals surface area contributed by atoms with E-state index in [1.54, 1.807) is 34.6 Å². The molecule has 0 unspecified atom stereocenters. The molecule has 9 heteroatoms. The first-order valence-electron chi connectivity index (χ1n) is 9.70. The van der Waals surface area contributed by atoms with Crippen molar-refractivity contribution in [1.82, 2.24) is 9.97 Å². The Hall–Kier alpha value is -3.46. The summed E-state index contributed by atoms with van der Waals surface area (Å²) in [6.07, 6.45) is 5.65. The largest absolute Gasteiger partial charge is 0.379 e. The molecule has 8 nitrogen and oxygen atoms in total. The summed E-state index contributed by atoms with van der Waals surface area (Å²) in [6, 6.07) is 9.40. The fourth-order valence-electron chi connectivity index (χ4n) is 3.29. The van der Waals surface area contributed by atoms with Gasteiger partial charge in [0.2, 0.25) is 5.91 Å². The molecular formula is C21H22N6O2S. The number of carbonyl (C=O) groups is 2. The van der Waals surface area contributed by atoms with Crippen molar-refractivity contribution in [2.75, 3.05) is 22.1 Å². The molecular weight excluding hydrogens is 400 g/mol. The molecule has 0 atom stereocenters. The van der Waals surface area contributed by atoms with E-state index in [4.69, 9.17) is 5.73 Å². The summed E-state index contributed by atoms with van der Waals surface area (Å²) < 4.78 is 0. The van der Waals surface area contributed by atoms with Crippen molar-refractivity contribution < 1.29 is 9.59 Å². The number of aromatic nitrogens is 2. The molecule has 0 radical (unpaired) electrons. The maximum Gasteiger partial charge on any atom is 0.252 e. The van der Waals surface area contributed by atoms with Crippen molar-refractivity contribution in [3.05, 3.63) is 58.5 Å². The summed E-state index contributed by atoms with van der Waals surface area (Å²) in [7, 11) is 0. The van der Waals surface area contributed by atoms with Gasteiger partial charge in [-0.3, -0.25) is 9.59 Å². The Bertz CT molecular complexity index is 1040. The number of rotatable bonds is 7. The monoisotopic (exact) mass is 422 g/mol. The van der Waals surface area contributed by atoms with Gasteiger partial charge in [0, 0.05) is 36.7 Å². The Morgan fingerprint density at radius 2 is 2.03 bits per heavy atom. The maximum atomic E-state index is 12.1. The fourth-order valence-corrected chi connectivity index (χ4v) is 3.94. The average molecular weight is 423 g/mol. The molecule has 0 spiro atoms. The van der Waals surface area contributed by atoms with Gasteiger partial charge in [-0.25, -0.2) is 9.97 Å². The number of hydrogen-bond donors (Lipinski definition) is 3. The summed E-state index contributed by atoms with van der Waals surface area (Å²) in [4.78, 5) is 35.4. The second kappa shape index (κ2) is 8.91. The number of thiophene rings is 1. The van der Waals surface area contributed by atoms with Gasteiger partial charge >= 0.3 is 0 Å². The molecule has 4 heterocycles. The number of pyridine rings is 2. The smallest absolute Gasteiger partial charge is 0.252 e. The molecule has 1 saturated heterocycles. The lowest BCUT2D eigenvalue weighted by Crippen LogP contribution is -2.35. The Morgan fingerprint density at radius 3 is 2.73 bits per heavy atom. The number of amides is 2. The van der Waals surface area contributed by atoms with Gasteiger partial charge in [-0.1, -0.05) is 6.07 Å². The number of carbonyl (C=O) groups excluding carboxylic acids is 2. The molecule has 4 N–H and O–H groups in total. The van der Waals surface area contributed by atoms with Gasteiger partial charge in [0.15, 0.2) is 0 Å². The molecule has 1 fully saturated rings. The van der Waals surface area contributed by atoms with E-state index in [1.165, 1.54) is 6.20 Å². The summed E-state index contributed by atoms with van der Waals surface area (Å²) in [5, 5.41) is 8.37. The quantitative estimate of drug-likeness (QED) is 0.537. The van der Waals surface area contributed by atoms with Gasteiger partial charge in [-0.15, -0.1) is 11.3 Å². The van der Waals surface area contributed by atoms with Crippen LogP contribution in [0.3, 0.4) is 0 Å². The number of nitrogens with two attached hydrogens (primary N) is 1. The van der Waals surface area contributed by atoms with Crippen molar-refractivity contribution in [3.8, 4) is 0 Å². The summed E-state index contributed by atoms with van der Waals surface area (Å²) in [5.41, 5.74) is 7.20. The molecule has 0 bridgehead atoms. The zero-order chi connectivity index (χ0) is 20.9. The van der Waals surface area contributed by atoms with Crippen LogP contribution in [-0.2, 0) is 11.3 Å². The highest BCUT2D eigenvalue weighted by Crippen LogP contribution is 2.24. The van der Waals surface area contributed by atoms with Gasteiger partial charge < -0.3 is 21.3 Å². The van der Waals surface area contributed by atoms with Crippen molar-refractivity contribution in [1.29, 1.82) is 0 Å². The van der Waals surface area contributed by atoms with Gasteiger partial charge in [0.05, 0.1) is 23.1 Å². The standard InChI is InChI=1S/C21H22N6O2S/c22-21(29)16-13-25-19(10-17(16)23-12-15-4-3-9-30-15)26-18-7-6-14(11-24-18)27-8-2-1-5-20(27)28/h3-4,6-7,9-11,13H,1-2,5,8,12H2,(H2,22,29)(H2,23,24,25,26). The van der Waals surface area contributed by atoms with Crippen LogP contribution >= 0.6 is 11.3 Å². The minimum absolute atomic E-state index is 0.133. The van der Waals surface area contributed by atoms with Crippen molar-refractivity contribution in [2.45, 2.75) is 25.8 Å². The van der Waals surface area contributed by atoms with E-state index in [0.29, 0.717) is 35.9 Å². The van der Waals surface area contributed by atoms with Crippen LogP contribution in [0.4, 0.5) is 23.0 Å². The van der Waals surface area contributed by atoms with Crippen LogP contribution in [-0.4, -0.2) is 28.3 Å². The predicted molar refractivity (Wildman–Crippen MR) is 118 cm³/mol. The lowest BCUT2D eigenvalue weighted by molar-refractivity contribution is -0.119. The normalized spacial score (nSPS) is 13.9. The van der Waals surface area contributed by atoms with E-state index >= 15 is 0 Å². The Balaban J connectivity index is 1.49. The minimum atomic E-state index is -0.545. The zero-order valence-corrected chi connectivity index (χ0v) is 17.1. The SMILES string of the molecule is NC(=O)c1cnc(Nc2ccc(N3CCCCC3=O)cn2)cc1NCc1cccs1. The third-order valence-electron chi connectivity index (χ3n) is 4.84. The summed E-state index contributed by atoms with van der Waals surface area (Å²) in [6.45, 7) is 1.31. The third-order valence-corrected chi connectivity index (χ3v) is 5.72. The predicted octanol–water partition coefficient (Wildman–Crippen LogP) is 3.51. The Labute approximate surface area is 178 Å². The number of primary amides is 1. The highest BCUT2D eigenvalue weighted by molar-refractivity contribution is 7.09. The summed E-state index contributed by atoms with van der Waals surface area (Å²) in [5.74, 6) is 0.708. The van der Waals surface area contributed by atoms with Crippen LogP contribution in [0, 0.1) is 0 Å². The maximum absolute atomic E-state index is 12.1. The van der Waals surface area contributed by atoms with Crippen LogP contribution in [0.15, 0.2) is 48.1 Å². The molecule has 1 aliphatic rings. The minimum Gasteiger partial charge on any atom is -0.379 e. The number of hydrogen-bond acceptors (Lipinski definition) is 7. The topological polar surface area (TPSA) is 113 Å². The van der Waals surface area contributed by atoms with E-state index in [9.17, 15) is 9.59 Å². The molecule has 0 aliphatic carbocycles.